The van der Waals surface area contributed by atoms with E-state index >= 15 is 0 Å². The van der Waals surface area contributed by atoms with Crippen molar-refractivity contribution in [3.63, 3.8) is 0 Å². The number of rotatable bonds is 3. The van der Waals surface area contributed by atoms with Crippen molar-refractivity contribution in [3.8, 4) is 0 Å². The van der Waals surface area contributed by atoms with Gasteiger partial charge in [0.25, 0.3) is 0 Å². The first kappa shape index (κ1) is 18.4. The fourth-order valence-electron chi connectivity index (χ4n) is 3.52. The maximum Gasteiger partial charge on any atom is 0.191 e. The Labute approximate surface area is 161 Å². The summed E-state index contributed by atoms with van der Waals surface area (Å²) in [5, 5.41) is 7.84. The summed E-state index contributed by atoms with van der Waals surface area (Å²) in [5.74, 6) is 0.526. The Balaban J connectivity index is 1.67. The zero-order chi connectivity index (χ0) is 18.7. The van der Waals surface area contributed by atoms with Gasteiger partial charge in [0.05, 0.1) is 6.21 Å². The van der Waals surface area contributed by atoms with E-state index in [2.05, 4.69) is 66.8 Å². The molecule has 1 aliphatic heterocycles. The number of benzene rings is 2. The van der Waals surface area contributed by atoms with Gasteiger partial charge in [-0.15, -0.1) is 0 Å². The zero-order valence-corrected chi connectivity index (χ0v) is 16.6. The molecule has 26 heavy (non-hydrogen) atoms. The summed E-state index contributed by atoms with van der Waals surface area (Å²) < 4.78 is 0. The molecule has 0 unspecified atom stereocenters. The third-order valence-electron chi connectivity index (χ3n) is 5.07. The Morgan fingerprint density at radius 2 is 1.96 bits per heavy atom. The number of nitrogens with one attached hydrogen (secondary N) is 2. The van der Waals surface area contributed by atoms with Crippen LogP contribution in [-0.4, -0.2) is 23.9 Å². The third kappa shape index (κ3) is 4.05. The van der Waals surface area contributed by atoms with Crippen molar-refractivity contribution >= 4 is 34.9 Å². The maximum atomic E-state index is 5.27. The highest BCUT2D eigenvalue weighted by atomic mass is 32.1. The van der Waals surface area contributed by atoms with Crippen molar-refractivity contribution in [3.05, 3.63) is 59.7 Å². The van der Waals surface area contributed by atoms with Gasteiger partial charge in [-0.05, 0) is 73.8 Å². The van der Waals surface area contributed by atoms with Crippen LogP contribution in [0.2, 0.25) is 0 Å². The van der Waals surface area contributed by atoms with Gasteiger partial charge in [-0.3, -0.25) is 5.43 Å². The van der Waals surface area contributed by atoms with Gasteiger partial charge in [0, 0.05) is 24.0 Å². The van der Waals surface area contributed by atoms with Crippen molar-refractivity contribution in [2.24, 2.45) is 5.10 Å². The molecule has 136 valence electrons. The van der Waals surface area contributed by atoms with Crippen LogP contribution >= 0.6 is 12.2 Å². The van der Waals surface area contributed by atoms with E-state index in [1.165, 1.54) is 11.3 Å². The predicted molar refractivity (Wildman–Crippen MR) is 115 cm³/mol. The van der Waals surface area contributed by atoms with Gasteiger partial charge < -0.3 is 10.2 Å². The lowest BCUT2D eigenvalue weighted by molar-refractivity contribution is 0.395. The Kier molecular flexibility index (Phi) is 5.28. The Bertz CT molecular complexity index is 814. The Hall–Kier alpha value is -2.40. The smallest absolute Gasteiger partial charge is 0.191 e. The Morgan fingerprint density at radius 3 is 2.69 bits per heavy atom. The molecule has 0 aliphatic carbocycles. The van der Waals surface area contributed by atoms with Gasteiger partial charge in [0.1, 0.15) is 0 Å². The zero-order valence-electron chi connectivity index (χ0n) is 15.8. The molecule has 1 heterocycles. The second-order valence-electron chi connectivity index (χ2n) is 7.49. The highest BCUT2D eigenvalue weighted by Gasteiger charge is 2.33. The van der Waals surface area contributed by atoms with Crippen LogP contribution in [0.15, 0.2) is 53.6 Å². The van der Waals surface area contributed by atoms with E-state index in [-0.39, 0.29) is 5.54 Å². The largest absolute Gasteiger partial charge is 0.369 e. The number of para-hydroxylation sites is 1. The highest BCUT2D eigenvalue weighted by molar-refractivity contribution is 7.80. The minimum atomic E-state index is 0.179. The summed E-state index contributed by atoms with van der Waals surface area (Å²) in [6.07, 6.45) is 2.95. The number of hydrazone groups is 1. The van der Waals surface area contributed by atoms with Crippen LogP contribution in [0.4, 0.5) is 11.4 Å². The number of nitrogens with zero attached hydrogens (tertiary/aromatic N) is 2. The molecule has 1 atom stereocenters. The molecule has 3 rings (SSSR count). The summed E-state index contributed by atoms with van der Waals surface area (Å²) in [7, 11) is 2.17. The molecule has 5 heteroatoms. The van der Waals surface area contributed by atoms with Crippen LogP contribution in [0.25, 0.3) is 0 Å². The fourth-order valence-corrected chi connectivity index (χ4v) is 3.69. The molecule has 0 saturated heterocycles. The molecule has 0 bridgehead atoms. The van der Waals surface area contributed by atoms with Crippen molar-refractivity contribution in [2.75, 3.05) is 17.3 Å². The molecule has 0 amide bonds. The fraction of sp³-hybridized carbons (Fsp3) is 0.333. The summed E-state index contributed by atoms with van der Waals surface area (Å²) in [5.41, 5.74) is 7.74. The first-order valence-electron chi connectivity index (χ1n) is 8.90. The highest BCUT2D eigenvalue weighted by Crippen LogP contribution is 2.42. The average molecular weight is 367 g/mol. The molecule has 0 fully saturated rings. The van der Waals surface area contributed by atoms with Crippen LogP contribution in [0.1, 0.15) is 44.2 Å². The number of anilines is 2. The minimum absolute atomic E-state index is 0.179. The molecule has 0 aromatic heterocycles. The van der Waals surface area contributed by atoms with E-state index in [4.69, 9.17) is 12.2 Å². The van der Waals surface area contributed by atoms with Gasteiger partial charge >= 0.3 is 0 Å². The standard InChI is InChI=1S/C21H26N4S/c1-15-13-21(2,3)25(4)19-11-10-16(12-18(15)19)14-22-24-20(26)23-17-8-6-5-7-9-17/h5-12,14-15H,13H2,1-4H3,(H2,23,24,26)/b22-14+/t15-/m0/s1. The lowest BCUT2D eigenvalue weighted by atomic mass is 9.80. The molecular weight excluding hydrogens is 340 g/mol. The summed E-state index contributed by atoms with van der Waals surface area (Å²) in [6, 6.07) is 16.3. The van der Waals surface area contributed by atoms with Crippen LogP contribution in [0.5, 0.6) is 0 Å². The van der Waals surface area contributed by atoms with E-state index in [1.54, 1.807) is 0 Å². The number of thiocarbonyl (C=S) groups is 1. The van der Waals surface area contributed by atoms with E-state index < -0.39 is 0 Å². The first-order chi connectivity index (χ1) is 12.4. The topological polar surface area (TPSA) is 39.7 Å². The molecule has 2 N–H and O–H groups in total. The van der Waals surface area contributed by atoms with Gasteiger partial charge in [0.15, 0.2) is 5.11 Å². The lowest BCUT2D eigenvalue weighted by Gasteiger charge is -2.45. The van der Waals surface area contributed by atoms with Crippen molar-refractivity contribution in [2.45, 2.75) is 38.6 Å². The Morgan fingerprint density at radius 1 is 1.23 bits per heavy atom. The predicted octanol–water partition coefficient (Wildman–Crippen LogP) is 4.73. The number of fused-ring (bicyclic) bond motifs is 1. The molecule has 2 aromatic rings. The average Bonchev–Trinajstić information content (AvgIpc) is 2.60. The quantitative estimate of drug-likeness (QED) is 0.468. The van der Waals surface area contributed by atoms with Gasteiger partial charge in [-0.1, -0.05) is 31.2 Å². The van der Waals surface area contributed by atoms with E-state index in [0.717, 1.165) is 17.7 Å². The van der Waals surface area contributed by atoms with E-state index in [9.17, 15) is 0 Å². The summed E-state index contributed by atoms with van der Waals surface area (Å²) in [4.78, 5) is 2.38. The molecule has 0 saturated carbocycles. The number of hydrogen-bond acceptors (Lipinski definition) is 3. The van der Waals surface area contributed by atoms with Crippen molar-refractivity contribution < 1.29 is 0 Å². The maximum absolute atomic E-state index is 5.27. The molecule has 4 nitrogen and oxygen atoms in total. The van der Waals surface area contributed by atoms with Crippen LogP contribution in [0, 0.1) is 0 Å². The molecule has 1 aliphatic rings. The van der Waals surface area contributed by atoms with Crippen LogP contribution in [-0.2, 0) is 0 Å². The monoisotopic (exact) mass is 366 g/mol. The lowest BCUT2D eigenvalue weighted by Crippen LogP contribution is -2.45. The van der Waals surface area contributed by atoms with Crippen LogP contribution < -0.4 is 15.6 Å². The van der Waals surface area contributed by atoms with Crippen molar-refractivity contribution in [1.82, 2.24) is 5.43 Å². The minimum Gasteiger partial charge on any atom is -0.369 e. The van der Waals surface area contributed by atoms with E-state index in [1.807, 2.05) is 36.5 Å². The van der Waals surface area contributed by atoms with Gasteiger partial charge in [0.2, 0.25) is 0 Å². The third-order valence-corrected chi connectivity index (χ3v) is 5.26. The summed E-state index contributed by atoms with van der Waals surface area (Å²) >= 11 is 5.27. The SMILES string of the molecule is C[C@H]1CC(C)(C)N(C)c2ccc(/C=N/NC(=S)Nc3ccccc3)cc21. The summed E-state index contributed by atoms with van der Waals surface area (Å²) in [6.45, 7) is 6.89. The van der Waals surface area contributed by atoms with Crippen molar-refractivity contribution in [1.29, 1.82) is 0 Å². The molecule has 2 aromatic carbocycles. The number of hydrogen-bond donors (Lipinski definition) is 2. The van der Waals surface area contributed by atoms with E-state index in [0.29, 0.717) is 11.0 Å². The second kappa shape index (κ2) is 7.46. The molecular formula is C21H26N4S. The molecule has 0 radical (unpaired) electrons. The van der Waals surface area contributed by atoms with Gasteiger partial charge in [-0.25, -0.2) is 0 Å². The van der Waals surface area contributed by atoms with Gasteiger partial charge in [-0.2, -0.15) is 5.10 Å². The normalized spacial score (nSPS) is 18.5. The second-order valence-corrected chi connectivity index (χ2v) is 7.89. The molecule has 0 spiro atoms. The first-order valence-corrected chi connectivity index (χ1v) is 9.30. The van der Waals surface area contributed by atoms with Crippen LogP contribution in [0.3, 0.4) is 0 Å².